The molecule has 44 heavy (non-hydrogen) atoms. The first-order valence-corrected chi connectivity index (χ1v) is 16.7. The average Bonchev–Trinajstić information content (AvgIpc) is 3.57. The third-order valence-electron chi connectivity index (χ3n) is 8.59. The number of rotatable bonds is 5. The summed E-state index contributed by atoms with van der Waals surface area (Å²) >= 11 is 3.31. The van der Waals surface area contributed by atoms with Crippen molar-refractivity contribution >= 4 is 78.3 Å². The molecule has 2 N–H and O–H groups in total. The molecular formula is C31H35F3IN5O3S. The smallest absolute Gasteiger partial charge is 0.413 e. The van der Waals surface area contributed by atoms with Crippen molar-refractivity contribution < 1.29 is 27.5 Å². The molecule has 0 radical (unpaired) electrons. The van der Waals surface area contributed by atoms with Gasteiger partial charge in [-0.2, -0.15) is 0 Å². The molecule has 2 aliphatic heterocycles. The minimum atomic E-state index is -2.84. The van der Waals surface area contributed by atoms with Crippen molar-refractivity contribution in [2.24, 2.45) is 5.41 Å². The predicted octanol–water partition coefficient (Wildman–Crippen LogP) is 8.26. The number of carbonyl (C=O) groups is 2. The molecule has 3 fully saturated rings. The van der Waals surface area contributed by atoms with Gasteiger partial charge in [0.2, 0.25) is 0 Å². The van der Waals surface area contributed by atoms with E-state index in [9.17, 15) is 18.4 Å². The summed E-state index contributed by atoms with van der Waals surface area (Å²) in [4.78, 5) is 34.4. The van der Waals surface area contributed by atoms with E-state index in [1.807, 2.05) is 12.1 Å². The number of hydrogen-bond acceptors (Lipinski definition) is 7. The molecule has 2 saturated heterocycles. The van der Waals surface area contributed by atoms with Crippen molar-refractivity contribution in [1.29, 1.82) is 0 Å². The lowest BCUT2D eigenvalue weighted by Crippen LogP contribution is -2.40. The highest BCUT2D eigenvalue weighted by Gasteiger charge is 2.44. The van der Waals surface area contributed by atoms with Crippen molar-refractivity contribution in [3.63, 3.8) is 0 Å². The Morgan fingerprint density at radius 1 is 0.977 bits per heavy atom. The number of alkyl halides is 2. The molecule has 13 heteroatoms. The van der Waals surface area contributed by atoms with E-state index in [-0.39, 0.29) is 35.1 Å². The highest BCUT2D eigenvalue weighted by Crippen LogP contribution is 2.54. The van der Waals surface area contributed by atoms with Crippen molar-refractivity contribution in [3.05, 3.63) is 39.2 Å². The molecule has 3 heterocycles. The SMILES string of the molecule is CC(C)(C)OC(=O)Nc1nc2c(N3CCC(F)(F)CC3)c(F)c(NC(=O)c3ccc(I)cc3N3CCC4(CC3)CC4)cc2s1. The van der Waals surface area contributed by atoms with Gasteiger partial charge in [0.05, 0.1) is 21.6 Å². The first kappa shape index (κ1) is 31.2. The number of nitrogens with zero attached hydrogens (tertiary/aromatic N) is 3. The first-order valence-electron chi connectivity index (χ1n) is 14.8. The summed E-state index contributed by atoms with van der Waals surface area (Å²) < 4.78 is 51.2. The molecule has 6 rings (SSSR count). The largest absolute Gasteiger partial charge is 0.444 e. The molecule has 1 aliphatic carbocycles. The Kier molecular flexibility index (Phi) is 8.17. The third kappa shape index (κ3) is 6.73. The topological polar surface area (TPSA) is 86.8 Å². The van der Waals surface area contributed by atoms with Gasteiger partial charge in [-0.3, -0.25) is 10.1 Å². The number of anilines is 4. The van der Waals surface area contributed by atoms with Crippen molar-refractivity contribution in [2.75, 3.05) is 46.6 Å². The van der Waals surface area contributed by atoms with Gasteiger partial charge in [-0.15, -0.1) is 0 Å². The molecule has 236 valence electrons. The molecule has 0 unspecified atom stereocenters. The van der Waals surface area contributed by atoms with Crippen LogP contribution in [0.5, 0.6) is 0 Å². The summed E-state index contributed by atoms with van der Waals surface area (Å²) in [5.74, 6) is -4.06. The van der Waals surface area contributed by atoms with Crippen LogP contribution in [0.2, 0.25) is 0 Å². The quantitative estimate of drug-likeness (QED) is 0.256. The maximum absolute atomic E-state index is 16.4. The number of nitrogens with one attached hydrogen (secondary N) is 2. The second-order valence-electron chi connectivity index (χ2n) is 13.0. The predicted molar refractivity (Wildman–Crippen MR) is 176 cm³/mol. The molecule has 8 nitrogen and oxygen atoms in total. The van der Waals surface area contributed by atoms with Crippen molar-refractivity contribution in [2.45, 2.75) is 70.8 Å². The Balaban J connectivity index is 1.33. The summed E-state index contributed by atoms with van der Waals surface area (Å²) in [5, 5.41) is 5.53. The number of hydrogen-bond donors (Lipinski definition) is 2. The van der Waals surface area contributed by atoms with Crippen LogP contribution < -0.4 is 20.4 Å². The Morgan fingerprint density at radius 3 is 2.27 bits per heavy atom. The maximum Gasteiger partial charge on any atom is 0.413 e. The first-order chi connectivity index (χ1) is 20.7. The minimum absolute atomic E-state index is 0.0235. The number of fused-ring (bicyclic) bond motifs is 1. The fourth-order valence-corrected chi connectivity index (χ4v) is 7.32. The number of aromatic nitrogens is 1. The lowest BCUT2D eigenvalue weighted by Gasteiger charge is -2.35. The van der Waals surface area contributed by atoms with Gasteiger partial charge in [-0.1, -0.05) is 11.3 Å². The number of benzene rings is 2. The van der Waals surface area contributed by atoms with Crippen LogP contribution in [0.25, 0.3) is 10.2 Å². The highest BCUT2D eigenvalue weighted by atomic mass is 127. The van der Waals surface area contributed by atoms with Crippen LogP contribution in [0.3, 0.4) is 0 Å². The number of piperidine rings is 2. The van der Waals surface area contributed by atoms with Gasteiger partial charge in [0.1, 0.15) is 16.8 Å². The Hall–Kier alpha value is -2.81. The zero-order chi connectivity index (χ0) is 31.4. The highest BCUT2D eigenvalue weighted by molar-refractivity contribution is 14.1. The zero-order valence-corrected chi connectivity index (χ0v) is 27.8. The van der Waals surface area contributed by atoms with E-state index in [4.69, 9.17) is 4.74 Å². The number of carbonyl (C=O) groups excluding carboxylic acids is 2. The molecule has 2 aromatic carbocycles. The van der Waals surface area contributed by atoms with Gasteiger partial charge in [0, 0.05) is 42.6 Å². The van der Waals surface area contributed by atoms with E-state index < -0.39 is 42.2 Å². The second kappa shape index (κ2) is 11.5. The van der Waals surface area contributed by atoms with E-state index in [1.165, 1.54) is 18.9 Å². The molecule has 0 atom stereocenters. The van der Waals surface area contributed by atoms with Crippen molar-refractivity contribution in [1.82, 2.24) is 4.98 Å². The summed E-state index contributed by atoms with van der Waals surface area (Å²) in [5.41, 5.74) is 1.15. The molecule has 3 aliphatic rings. The third-order valence-corrected chi connectivity index (χ3v) is 10.2. The van der Waals surface area contributed by atoms with Gasteiger partial charge in [-0.05, 0) is 98.7 Å². The van der Waals surface area contributed by atoms with Crippen LogP contribution in [-0.2, 0) is 4.74 Å². The molecule has 3 aromatic rings. The van der Waals surface area contributed by atoms with Crippen LogP contribution in [0, 0.1) is 14.8 Å². The molecule has 1 aromatic heterocycles. The van der Waals surface area contributed by atoms with Gasteiger partial charge in [0.25, 0.3) is 11.8 Å². The summed E-state index contributed by atoms with van der Waals surface area (Å²) in [6.07, 6.45) is 3.14. The Bertz CT molecular complexity index is 1600. The minimum Gasteiger partial charge on any atom is -0.444 e. The van der Waals surface area contributed by atoms with Gasteiger partial charge < -0.3 is 19.9 Å². The van der Waals surface area contributed by atoms with Crippen LogP contribution in [-0.4, -0.2) is 54.7 Å². The molecular weight excluding hydrogens is 706 g/mol. The van der Waals surface area contributed by atoms with Gasteiger partial charge in [0.15, 0.2) is 10.9 Å². The van der Waals surface area contributed by atoms with E-state index in [1.54, 1.807) is 31.7 Å². The summed E-state index contributed by atoms with van der Waals surface area (Å²) in [6, 6.07) is 7.07. The lowest BCUT2D eigenvalue weighted by molar-refractivity contribution is -0.0221. The second-order valence-corrected chi connectivity index (χ2v) is 15.3. The monoisotopic (exact) mass is 741 g/mol. The Morgan fingerprint density at radius 2 is 1.64 bits per heavy atom. The summed E-state index contributed by atoms with van der Waals surface area (Å²) in [6.45, 7) is 6.74. The van der Waals surface area contributed by atoms with Crippen molar-refractivity contribution in [3.8, 4) is 0 Å². The number of amides is 2. The van der Waals surface area contributed by atoms with Crippen LogP contribution in [0.15, 0.2) is 24.3 Å². The van der Waals surface area contributed by atoms with E-state index in [2.05, 4.69) is 43.1 Å². The molecule has 0 bridgehead atoms. The van der Waals surface area contributed by atoms with Crippen LogP contribution in [0.1, 0.15) is 69.7 Å². The van der Waals surface area contributed by atoms with E-state index >= 15 is 4.39 Å². The number of halogens is 4. The Labute approximate surface area is 271 Å². The average molecular weight is 742 g/mol. The maximum atomic E-state index is 16.4. The molecule has 1 saturated carbocycles. The molecule has 1 spiro atoms. The normalized spacial score (nSPS) is 19.2. The lowest BCUT2D eigenvalue weighted by atomic mass is 9.93. The molecule has 2 amide bonds. The van der Waals surface area contributed by atoms with E-state index in [0.29, 0.717) is 15.7 Å². The zero-order valence-electron chi connectivity index (χ0n) is 24.9. The summed E-state index contributed by atoms with van der Waals surface area (Å²) in [7, 11) is 0. The van der Waals surface area contributed by atoms with E-state index in [0.717, 1.165) is 46.5 Å². The number of ether oxygens (including phenoxy) is 1. The van der Waals surface area contributed by atoms with Gasteiger partial charge >= 0.3 is 6.09 Å². The fraction of sp³-hybridized carbons (Fsp3) is 0.516. The number of thiazole rings is 1. The van der Waals surface area contributed by atoms with Crippen LogP contribution in [0.4, 0.5) is 40.2 Å². The van der Waals surface area contributed by atoms with Gasteiger partial charge in [-0.25, -0.2) is 22.9 Å². The fourth-order valence-electron chi connectivity index (χ4n) is 5.95. The van der Waals surface area contributed by atoms with Crippen LogP contribution >= 0.6 is 33.9 Å². The standard InChI is InChI=1S/C31H35F3IN5O3S/c1-29(2,3)43-28(42)38-27-37-24-22(44-27)17-20(23(32)25(24)40-14-10-31(33,34)11-15-40)36-26(41)19-5-4-18(35)16-21(19)39-12-8-30(6-7-30)9-13-39/h4-5,16-17H,6-15H2,1-3H3,(H,36,41)(H,37,38,42).